The van der Waals surface area contributed by atoms with Gasteiger partial charge in [0.15, 0.2) is 5.96 Å². The standard InChI is InChI=1S/C19H24N4O/c1-3-20-19(23-16-6-4-5-7-16)21-12-17-13-24-18(22-17)15-10-8-14(2)9-11-15/h4-5,8-11,13,16H,3,6-7,12H2,1-2H3,(H2,20,21,23). The lowest BCUT2D eigenvalue weighted by atomic mass is 10.1. The summed E-state index contributed by atoms with van der Waals surface area (Å²) in [5.41, 5.74) is 3.03. The van der Waals surface area contributed by atoms with Gasteiger partial charge in [0.05, 0.1) is 6.54 Å². The summed E-state index contributed by atoms with van der Waals surface area (Å²) in [5, 5.41) is 6.73. The molecule has 3 rings (SSSR count). The van der Waals surface area contributed by atoms with Crippen molar-refractivity contribution in [2.75, 3.05) is 6.54 Å². The summed E-state index contributed by atoms with van der Waals surface area (Å²) in [6, 6.07) is 8.59. The predicted octanol–water partition coefficient (Wildman–Crippen LogP) is 3.42. The zero-order chi connectivity index (χ0) is 16.8. The molecule has 126 valence electrons. The van der Waals surface area contributed by atoms with Crippen molar-refractivity contribution in [3.63, 3.8) is 0 Å². The molecular weight excluding hydrogens is 300 g/mol. The summed E-state index contributed by atoms with van der Waals surface area (Å²) in [6.45, 7) is 5.45. The maximum Gasteiger partial charge on any atom is 0.226 e. The molecule has 2 aromatic rings. The SMILES string of the molecule is CCNC(=NCc1coc(-c2ccc(C)cc2)n1)NC1CC=CC1. The first-order chi connectivity index (χ1) is 11.7. The van der Waals surface area contributed by atoms with Gasteiger partial charge in [0.2, 0.25) is 5.89 Å². The van der Waals surface area contributed by atoms with E-state index in [0.717, 1.165) is 36.6 Å². The zero-order valence-electron chi connectivity index (χ0n) is 14.2. The average Bonchev–Trinajstić information content (AvgIpc) is 3.25. The fourth-order valence-electron chi connectivity index (χ4n) is 2.62. The van der Waals surface area contributed by atoms with Crippen LogP contribution in [-0.4, -0.2) is 23.5 Å². The second-order valence-electron chi connectivity index (χ2n) is 5.99. The van der Waals surface area contributed by atoms with E-state index in [0.29, 0.717) is 18.5 Å². The highest BCUT2D eigenvalue weighted by molar-refractivity contribution is 5.80. The molecule has 0 radical (unpaired) electrons. The summed E-state index contributed by atoms with van der Waals surface area (Å²) < 4.78 is 5.59. The van der Waals surface area contributed by atoms with E-state index in [4.69, 9.17) is 4.42 Å². The monoisotopic (exact) mass is 324 g/mol. The van der Waals surface area contributed by atoms with Gasteiger partial charge in [-0.1, -0.05) is 29.8 Å². The second kappa shape index (κ2) is 7.81. The molecule has 5 nitrogen and oxygen atoms in total. The Balaban J connectivity index is 1.64. The van der Waals surface area contributed by atoms with Gasteiger partial charge in [-0.05, 0) is 38.8 Å². The van der Waals surface area contributed by atoms with Crippen molar-refractivity contribution >= 4 is 5.96 Å². The Labute approximate surface area is 142 Å². The topological polar surface area (TPSA) is 62.5 Å². The number of hydrogen-bond donors (Lipinski definition) is 2. The molecule has 0 spiro atoms. The minimum absolute atomic E-state index is 0.434. The van der Waals surface area contributed by atoms with Gasteiger partial charge in [-0.3, -0.25) is 0 Å². The van der Waals surface area contributed by atoms with Crippen LogP contribution in [0.15, 0.2) is 52.1 Å². The Hall–Kier alpha value is -2.56. The third-order valence-corrected chi connectivity index (χ3v) is 3.94. The van der Waals surface area contributed by atoms with Crippen molar-refractivity contribution in [3.05, 3.63) is 53.9 Å². The van der Waals surface area contributed by atoms with E-state index in [1.165, 1.54) is 5.56 Å². The van der Waals surface area contributed by atoms with E-state index in [2.05, 4.69) is 58.7 Å². The number of guanidine groups is 1. The Morgan fingerprint density at radius 2 is 2.00 bits per heavy atom. The summed E-state index contributed by atoms with van der Waals surface area (Å²) in [5.74, 6) is 1.46. The van der Waals surface area contributed by atoms with Crippen LogP contribution in [0.25, 0.3) is 11.5 Å². The fraction of sp³-hybridized carbons (Fsp3) is 0.368. The molecule has 0 saturated heterocycles. The second-order valence-corrected chi connectivity index (χ2v) is 5.99. The minimum Gasteiger partial charge on any atom is -0.444 e. The quantitative estimate of drug-likeness (QED) is 0.502. The van der Waals surface area contributed by atoms with Crippen LogP contribution in [0.4, 0.5) is 0 Å². The number of nitrogens with zero attached hydrogens (tertiary/aromatic N) is 2. The Morgan fingerprint density at radius 3 is 2.71 bits per heavy atom. The van der Waals surface area contributed by atoms with Crippen molar-refractivity contribution in [2.24, 2.45) is 4.99 Å². The summed E-state index contributed by atoms with van der Waals surface area (Å²) in [4.78, 5) is 9.14. The van der Waals surface area contributed by atoms with Gasteiger partial charge in [0.1, 0.15) is 12.0 Å². The molecule has 1 aromatic heterocycles. The first-order valence-electron chi connectivity index (χ1n) is 8.46. The molecule has 5 heteroatoms. The van der Waals surface area contributed by atoms with Gasteiger partial charge in [0.25, 0.3) is 0 Å². The van der Waals surface area contributed by atoms with Crippen LogP contribution < -0.4 is 10.6 Å². The summed E-state index contributed by atoms with van der Waals surface area (Å²) >= 11 is 0. The van der Waals surface area contributed by atoms with E-state index >= 15 is 0 Å². The number of aryl methyl sites for hydroxylation is 1. The largest absolute Gasteiger partial charge is 0.444 e. The van der Waals surface area contributed by atoms with Crippen LogP contribution >= 0.6 is 0 Å². The molecule has 24 heavy (non-hydrogen) atoms. The molecule has 0 atom stereocenters. The summed E-state index contributed by atoms with van der Waals surface area (Å²) in [7, 11) is 0. The number of benzene rings is 1. The fourth-order valence-corrected chi connectivity index (χ4v) is 2.62. The highest BCUT2D eigenvalue weighted by Crippen LogP contribution is 2.19. The molecular formula is C19H24N4O. The number of rotatable bonds is 5. The third-order valence-electron chi connectivity index (χ3n) is 3.94. The first kappa shape index (κ1) is 16.3. The smallest absolute Gasteiger partial charge is 0.226 e. The highest BCUT2D eigenvalue weighted by Gasteiger charge is 2.12. The van der Waals surface area contributed by atoms with Gasteiger partial charge in [0, 0.05) is 18.2 Å². The van der Waals surface area contributed by atoms with E-state index in [1.54, 1.807) is 6.26 Å². The Bertz CT molecular complexity index is 707. The molecule has 1 aliphatic rings. The van der Waals surface area contributed by atoms with Gasteiger partial charge >= 0.3 is 0 Å². The molecule has 0 amide bonds. The highest BCUT2D eigenvalue weighted by atomic mass is 16.3. The third kappa shape index (κ3) is 4.25. The molecule has 2 N–H and O–H groups in total. The molecule has 0 saturated carbocycles. The Kier molecular flexibility index (Phi) is 5.31. The van der Waals surface area contributed by atoms with E-state index in [-0.39, 0.29) is 0 Å². The number of hydrogen-bond acceptors (Lipinski definition) is 3. The maximum atomic E-state index is 5.59. The molecule has 0 fully saturated rings. The van der Waals surface area contributed by atoms with Gasteiger partial charge in [-0.2, -0.15) is 0 Å². The summed E-state index contributed by atoms with van der Waals surface area (Å²) in [6.07, 6.45) is 8.18. The van der Waals surface area contributed by atoms with E-state index in [1.807, 2.05) is 12.1 Å². The van der Waals surface area contributed by atoms with Gasteiger partial charge in [-0.15, -0.1) is 0 Å². The number of aliphatic imine (C=N–C) groups is 1. The first-order valence-corrected chi connectivity index (χ1v) is 8.46. The van der Waals surface area contributed by atoms with Crippen LogP contribution in [0.2, 0.25) is 0 Å². The van der Waals surface area contributed by atoms with E-state index < -0.39 is 0 Å². The average molecular weight is 324 g/mol. The van der Waals surface area contributed by atoms with Crippen LogP contribution in [-0.2, 0) is 6.54 Å². The maximum absolute atomic E-state index is 5.59. The normalized spacial score (nSPS) is 15.0. The minimum atomic E-state index is 0.434. The molecule has 0 bridgehead atoms. The zero-order valence-corrected chi connectivity index (χ0v) is 14.2. The van der Waals surface area contributed by atoms with Gasteiger partial charge in [-0.25, -0.2) is 9.98 Å². The lowest BCUT2D eigenvalue weighted by molar-refractivity contribution is 0.572. The number of oxazole rings is 1. The predicted molar refractivity (Wildman–Crippen MR) is 96.8 cm³/mol. The van der Waals surface area contributed by atoms with Crippen LogP contribution in [0.3, 0.4) is 0 Å². The molecule has 0 unspecified atom stereocenters. The molecule has 1 heterocycles. The molecule has 0 aliphatic heterocycles. The molecule has 1 aliphatic carbocycles. The lowest BCUT2D eigenvalue weighted by Crippen LogP contribution is -2.42. The van der Waals surface area contributed by atoms with Crippen molar-refractivity contribution in [2.45, 2.75) is 39.3 Å². The van der Waals surface area contributed by atoms with Crippen LogP contribution in [0.5, 0.6) is 0 Å². The van der Waals surface area contributed by atoms with Crippen molar-refractivity contribution in [1.29, 1.82) is 0 Å². The van der Waals surface area contributed by atoms with Crippen LogP contribution in [0.1, 0.15) is 31.0 Å². The lowest BCUT2D eigenvalue weighted by Gasteiger charge is -2.16. The Morgan fingerprint density at radius 1 is 1.25 bits per heavy atom. The van der Waals surface area contributed by atoms with E-state index in [9.17, 15) is 0 Å². The van der Waals surface area contributed by atoms with Crippen molar-refractivity contribution < 1.29 is 4.42 Å². The van der Waals surface area contributed by atoms with Crippen molar-refractivity contribution in [1.82, 2.24) is 15.6 Å². The molecule has 1 aromatic carbocycles. The number of nitrogens with one attached hydrogen (secondary N) is 2. The van der Waals surface area contributed by atoms with Crippen molar-refractivity contribution in [3.8, 4) is 11.5 Å². The van der Waals surface area contributed by atoms with Gasteiger partial charge < -0.3 is 15.1 Å². The number of aromatic nitrogens is 1. The van der Waals surface area contributed by atoms with Crippen LogP contribution in [0, 0.1) is 6.92 Å².